The molecule has 0 saturated carbocycles. The molecule has 1 atom stereocenters. The van der Waals surface area contributed by atoms with Crippen molar-refractivity contribution in [2.75, 3.05) is 18.0 Å². The number of thiophene rings is 1. The molecule has 1 rings (SSSR count). The minimum Gasteiger partial charge on any atom is -0.388 e. The Morgan fingerprint density at radius 3 is 2.50 bits per heavy atom. The summed E-state index contributed by atoms with van der Waals surface area (Å²) in [5.74, 6) is 0. The Morgan fingerprint density at radius 1 is 1.56 bits per heavy atom. The lowest BCUT2D eigenvalue weighted by molar-refractivity contribution is -0.383. The van der Waals surface area contributed by atoms with Crippen molar-refractivity contribution in [3.8, 4) is 12.1 Å². The van der Waals surface area contributed by atoms with Gasteiger partial charge in [-0.05, 0) is 6.92 Å². The van der Waals surface area contributed by atoms with Crippen LogP contribution in [0, 0.1) is 32.8 Å². The molecule has 1 N–H and O–H groups in total. The predicted molar refractivity (Wildman–Crippen MR) is 65.0 cm³/mol. The zero-order valence-corrected chi connectivity index (χ0v) is 10.3. The Labute approximate surface area is 107 Å². The topological polar surface area (TPSA) is 114 Å². The molecule has 0 aliphatic carbocycles. The molecule has 94 valence electrons. The molecule has 1 aromatic heterocycles. The molecule has 1 aromatic rings. The summed E-state index contributed by atoms with van der Waals surface area (Å²) < 4.78 is 0. The highest BCUT2D eigenvalue weighted by Crippen LogP contribution is 2.39. The molecule has 0 unspecified atom stereocenters. The van der Waals surface area contributed by atoms with Crippen LogP contribution in [0.1, 0.15) is 17.9 Å². The average molecular weight is 266 g/mol. The third-order valence-corrected chi connectivity index (χ3v) is 3.49. The van der Waals surface area contributed by atoms with Gasteiger partial charge in [0.15, 0.2) is 5.00 Å². The van der Waals surface area contributed by atoms with Crippen LogP contribution in [0.15, 0.2) is 6.07 Å². The van der Waals surface area contributed by atoms with Crippen molar-refractivity contribution in [3.63, 3.8) is 0 Å². The molecule has 0 aliphatic rings. The van der Waals surface area contributed by atoms with Crippen LogP contribution in [-0.4, -0.2) is 23.1 Å². The fourth-order valence-corrected chi connectivity index (χ4v) is 2.38. The lowest BCUT2D eigenvalue weighted by atomic mass is 10.3. The maximum Gasteiger partial charge on any atom is 0.304 e. The van der Waals surface area contributed by atoms with Gasteiger partial charge in [-0.3, -0.25) is 10.1 Å². The van der Waals surface area contributed by atoms with Gasteiger partial charge in [-0.25, -0.2) is 0 Å². The van der Waals surface area contributed by atoms with Gasteiger partial charge in [-0.2, -0.15) is 10.5 Å². The predicted octanol–water partition coefficient (Wildman–Crippen LogP) is 1.56. The summed E-state index contributed by atoms with van der Waals surface area (Å²) in [6.07, 6.45) is -0.825. The SMILES string of the molecule is C[C@@H](O)c1cc([N+](=O)[O-])c(N(CC#N)CC#N)s1. The summed E-state index contributed by atoms with van der Waals surface area (Å²) in [5.41, 5.74) is -0.193. The molecule has 0 fully saturated rings. The highest BCUT2D eigenvalue weighted by Gasteiger charge is 2.25. The number of hydrogen-bond donors (Lipinski definition) is 1. The van der Waals surface area contributed by atoms with E-state index in [0.717, 1.165) is 11.3 Å². The molecular formula is C10H10N4O3S. The fraction of sp³-hybridized carbons (Fsp3) is 0.400. The van der Waals surface area contributed by atoms with Gasteiger partial charge in [0.05, 0.1) is 23.2 Å². The molecular weight excluding hydrogens is 256 g/mol. The highest BCUT2D eigenvalue weighted by molar-refractivity contribution is 7.16. The van der Waals surface area contributed by atoms with E-state index in [-0.39, 0.29) is 23.8 Å². The quantitative estimate of drug-likeness (QED) is 0.491. The Kier molecular flexibility index (Phi) is 4.60. The fourth-order valence-electron chi connectivity index (χ4n) is 1.32. The number of anilines is 1. The maximum absolute atomic E-state index is 10.9. The molecule has 18 heavy (non-hydrogen) atoms. The van der Waals surface area contributed by atoms with E-state index in [0.29, 0.717) is 4.88 Å². The van der Waals surface area contributed by atoms with Gasteiger partial charge in [-0.15, -0.1) is 11.3 Å². The van der Waals surface area contributed by atoms with Crippen molar-refractivity contribution in [2.45, 2.75) is 13.0 Å². The zero-order chi connectivity index (χ0) is 13.7. The first kappa shape index (κ1) is 13.9. The zero-order valence-electron chi connectivity index (χ0n) is 9.53. The summed E-state index contributed by atoms with van der Waals surface area (Å²) in [4.78, 5) is 12.1. The number of nitriles is 2. The van der Waals surface area contributed by atoms with Crippen LogP contribution in [0.3, 0.4) is 0 Å². The van der Waals surface area contributed by atoms with Crippen molar-refractivity contribution < 1.29 is 10.0 Å². The van der Waals surface area contributed by atoms with Gasteiger partial charge in [0.1, 0.15) is 13.1 Å². The van der Waals surface area contributed by atoms with Crippen LogP contribution < -0.4 is 4.90 Å². The van der Waals surface area contributed by atoms with Gasteiger partial charge in [-0.1, -0.05) is 0 Å². The van der Waals surface area contributed by atoms with Gasteiger partial charge in [0, 0.05) is 10.9 Å². The Bertz CT molecular complexity index is 510. The summed E-state index contributed by atoms with van der Waals surface area (Å²) >= 11 is 1.02. The summed E-state index contributed by atoms with van der Waals surface area (Å²) in [5, 5.41) is 37.9. The standard InChI is InChI=1S/C10H10N4O3S/c1-7(15)9-6-8(14(16)17)10(18-9)13(4-2-11)5-3-12/h6-7,15H,4-5H2,1H3/t7-/m1/s1. The molecule has 0 bridgehead atoms. The number of aliphatic hydroxyl groups is 1. The van der Waals surface area contributed by atoms with E-state index in [4.69, 9.17) is 10.5 Å². The van der Waals surface area contributed by atoms with E-state index in [1.807, 2.05) is 12.1 Å². The van der Waals surface area contributed by atoms with Gasteiger partial charge in [0.25, 0.3) is 0 Å². The highest BCUT2D eigenvalue weighted by atomic mass is 32.1. The summed E-state index contributed by atoms with van der Waals surface area (Å²) in [7, 11) is 0. The minimum atomic E-state index is -0.825. The van der Waals surface area contributed by atoms with Crippen LogP contribution in [-0.2, 0) is 0 Å². The monoisotopic (exact) mass is 266 g/mol. The molecule has 8 heteroatoms. The van der Waals surface area contributed by atoms with Crippen molar-refractivity contribution in [2.24, 2.45) is 0 Å². The largest absolute Gasteiger partial charge is 0.388 e. The number of nitrogens with zero attached hydrogens (tertiary/aromatic N) is 4. The van der Waals surface area contributed by atoms with E-state index in [9.17, 15) is 15.2 Å². The molecule has 0 amide bonds. The van der Waals surface area contributed by atoms with Crippen molar-refractivity contribution in [1.29, 1.82) is 10.5 Å². The lowest BCUT2D eigenvalue weighted by Gasteiger charge is -2.14. The van der Waals surface area contributed by atoms with Gasteiger partial charge >= 0.3 is 5.69 Å². The van der Waals surface area contributed by atoms with E-state index in [1.54, 1.807) is 0 Å². The van der Waals surface area contributed by atoms with Crippen LogP contribution in [0.2, 0.25) is 0 Å². The van der Waals surface area contributed by atoms with Crippen LogP contribution in [0.25, 0.3) is 0 Å². The van der Waals surface area contributed by atoms with E-state index >= 15 is 0 Å². The van der Waals surface area contributed by atoms with Crippen molar-refractivity contribution in [3.05, 3.63) is 21.1 Å². The number of hydrogen-bond acceptors (Lipinski definition) is 7. The lowest BCUT2D eigenvalue weighted by Crippen LogP contribution is -2.23. The summed E-state index contributed by atoms with van der Waals surface area (Å²) in [6.45, 7) is 1.26. The third-order valence-electron chi connectivity index (χ3n) is 2.13. The molecule has 1 heterocycles. The van der Waals surface area contributed by atoms with Crippen molar-refractivity contribution >= 4 is 22.0 Å². The second-order valence-electron chi connectivity index (χ2n) is 3.44. The third kappa shape index (κ3) is 2.94. The Morgan fingerprint density at radius 2 is 2.11 bits per heavy atom. The van der Waals surface area contributed by atoms with Crippen LogP contribution >= 0.6 is 11.3 Å². The first-order valence-corrected chi connectivity index (χ1v) is 5.78. The first-order valence-electron chi connectivity index (χ1n) is 4.96. The second-order valence-corrected chi connectivity index (χ2v) is 4.51. The normalized spacial score (nSPS) is 11.3. The number of aliphatic hydroxyl groups excluding tert-OH is 1. The molecule has 0 aromatic carbocycles. The number of nitro groups is 1. The average Bonchev–Trinajstić information content (AvgIpc) is 2.73. The first-order chi connectivity index (χ1) is 8.51. The minimum absolute atomic E-state index is 0.117. The van der Waals surface area contributed by atoms with Crippen LogP contribution in [0.4, 0.5) is 10.7 Å². The Balaban J connectivity index is 3.23. The molecule has 0 saturated heterocycles. The Hall–Kier alpha value is -2.16. The second kappa shape index (κ2) is 5.96. The van der Waals surface area contributed by atoms with Gasteiger partial charge < -0.3 is 10.0 Å². The molecule has 0 aliphatic heterocycles. The smallest absolute Gasteiger partial charge is 0.304 e. The summed E-state index contributed by atoms with van der Waals surface area (Å²) in [6, 6.07) is 4.97. The number of rotatable bonds is 5. The van der Waals surface area contributed by atoms with Gasteiger partial charge in [0.2, 0.25) is 0 Å². The maximum atomic E-state index is 10.9. The van der Waals surface area contributed by atoms with Crippen molar-refractivity contribution in [1.82, 2.24) is 0 Å². The van der Waals surface area contributed by atoms with E-state index in [1.165, 1.54) is 17.9 Å². The molecule has 0 radical (unpaired) electrons. The molecule has 0 spiro atoms. The van der Waals surface area contributed by atoms with E-state index < -0.39 is 11.0 Å². The molecule has 7 nitrogen and oxygen atoms in total. The van der Waals surface area contributed by atoms with Crippen LogP contribution in [0.5, 0.6) is 0 Å². The van der Waals surface area contributed by atoms with E-state index in [2.05, 4.69) is 0 Å².